The number of nitrogens with one attached hydrogen (secondary N) is 2. The second-order valence-corrected chi connectivity index (χ2v) is 14.8. The molecule has 3 aromatic carbocycles. The molecular weight excluding hydrogens is 653 g/mol. The second kappa shape index (κ2) is 16.4. The molecule has 3 aromatic rings. The van der Waals surface area contributed by atoms with Gasteiger partial charge in [-0.05, 0) is 42.9 Å². The molecule has 5 N–H and O–H groups in total. The lowest BCUT2D eigenvalue weighted by molar-refractivity contribution is -0.132. The summed E-state index contributed by atoms with van der Waals surface area (Å²) < 4.78 is 34.3. The highest BCUT2D eigenvalue weighted by atomic mass is 32.2. The number of nitrogens with two attached hydrogens (primary N) is 1. The fourth-order valence-electron chi connectivity index (χ4n) is 5.90. The van der Waals surface area contributed by atoms with E-state index >= 15 is 0 Å². The first kappa shape index (κ1) is 36.8. The Kier molecular flexibility index (Phi) is 12.5. The number of carbonyl (C=O) groups is 3. The number of thioether (sulfide) groups is 1. The third kappa shape index (κ3) is 8.69. The van der Waals surface area contributed by atoms with Gasteiger partial charge in [0.25, 0.3) is 5.91 Å². The Bertz CT molecular complexity index is 1690. The number of carbonyl (C=O) groups excluding carboxylic acids is 3. The van der Waals surface area contributed by atoms with E-state index in [-0.39, 0.29) is 16.4 Å². The van der Waals surface area contributed by atoms with Crippen molar-refractivity contribution in [2.75, 3.05) is 36.7 Å². The number of anilines is 2. The maximum Gasteiger partial charge on any atom is 0.258 e. The lowest BCUT2D eigenvalue weighted by Crippen LogP contribution is -2.51. The number of aliphatic hydroxyl groups is 1. The van der Waals surface area contributed by atoms with E-state index in [0.717, 1.165) is 24.9 Å². The van der Waals surface area contributed by atoms with Gasteiger partial charge < -0.3 is 31.1 Å². The summed E-state index contributed by atoms with van der Waals surface area (Å²) in [6, 6.07) is 18.8. The van der Waals surface area contributed by atoms with E-state index in [1.54, 1.807) is 30.3 Å². The number of rotatable bonds is 15. The van der Waals surface area contributed by atoms with Crippen LogP contribution in [0.1, 0.15) is 51.1 Å². The van der Waals surface area contributed by atoms with Crippen molar-refractivity contribution in [1.29, 1.82) is 0 Å². The summed E-state index contributed by atoms with van der Waals surface area (Å²) in [6.07, 6.45) is 5.17. The standard InChI is InChI=1S/C35H44N4O7S2/c1-4-6-17-35(5-2)22-39(25-15-11-8-12-16-25)27-18-29(47-3)28(19-30(27)48(44,45)23-35)46-21-31(41)38-32(24-13-9-7-10-14-24)34(43)37-26(20-40)33(36)42/h7-16,18-19,26,32,40H,4-6,17,20-23H2,1-3H3,(H2,36,42)(H,37,43)(H,38,41)/t26-,32+,35?/m0/s1. The van der Waals surface area contributed by atoms with Crippen molar-refractivity contribution < 1.29 is 32.6 Å². The molecule has 4 rings (SSSR count). The average Bonchev–Trinajstić information content (AvgIpc) is 3.19. The lowest BCUT2D eigenvalue weighted by atomic mass is 9.81. The molecule has 0 saturated carbocycles. The maximum atomic E-state index is 14.2. The van der Waals surface area contributed by atoms with Gasteiger partial charge in [-0.3, -0.25) is 14.4 Å². The molecule has 1 heterocycles. The maximum absolute atomic E-state index is 14.2. The SMILES string of the molecule is CCCCC1(CC)CN(c2ccccc2)c2cc(SC)c(OCC(=O)N[C@@H](C(=O)N[C@@H](CO)C(N)=O)c3ccccc3)cc2S(=O)(=O)C1. The highest BCUT2D eigenvalue weighted by Gasteiger charge is 2.42. The van der Waals surface area contributed by atoms with Crippen molar-refractivity contribution in [3.8, 4) is 5.75 Å². The van der Waals surface area contributed by atoms with Gasteiger partial charge in [-0.2, -0.15) is 0 Å². The van der Waals surface area contributed by atoms with Crippen molar-refractivity contribution in [1.82, 2.24) is 10.6 Å². The first-order chi connectivity index (χ1) is 23.0. The van der Waals surface area contributed by atoms with Crippen LogP contribution in [-0.2, 0) is 24.2 Å². The van der Waals surface area contributed by atoms with Crippen LogP contribution in [0.2, 0.25) is 0 Å². The topological polar surface area (TPSA) is 168 Å². The van der Waals surface area contributed by atoms with E-state index in [4.69, 9.17) is 10.5 Å². The zero-order valence-corrected chi connectivity index (χ0v) is 29.1. The number of aliphatic hydroxyl groups excluding tert-OH is 1. The van der Waals surface area contributed by atoms with Gasteiger partial charge in [-0.1, -0.05) is 75.2 Å². The minimum absolute atomic E-state index is 0.0145. The third-order valence-corrected chi connectivity index (χ3v) is 11.4. The van der Waals surface area contributed by atoms with Gasteiger partial charge in [0.1, 0.15) is 17.8 Å². The fraction of sp³-hybridized carbons (Fsp3) is 0.400. The first-order valence-corrected chi connectivity index (χ1v) is 18.8. The number of hydrogen-bond donors (Lipinski definition) is 4. The van der Waals surface area contributed by atoms with E-state index in [1.165, 1.54) is 17.8 Å². The minimum Gasteiger partial charge on any atom is -0.483 e. The Morgan fingerprint density at radius 3 is 2.29 bits per heavy atom. The molecule has 13 heteroatoms. The van der Waals surface area contributed by atoms with Crippen molar-refractivity contribution in [2.24, 2.45) is 11.1 Å². The van der Waals surface area contributed by atoms with Gasteiger partial charge >= 0.3 is 0 Å². The third-order valence-electron chi connectivity index (χ3n) is 8.64. The molecule has 1 aliphatic rings. The molecule has 3 amide bonds. The van der Waals surface area contributed by atoms with Crippen LogP contribution >= 0.6 is 11.8 Å². The molecule has 3 atom stereocenters. The number of benzene rings is 3. The van der Waals surface area contributed by atoms with Gasteiger partial charge in [0, 0.05) is 23.7 Å². The summed E-state index contributed by atoms with van der Waals surface area (Å²) in [5.41, 5.74) is 6.67. The monoisotopic (exact) mass is 696 g/mol. The van der Waals surface area contributed by atoms with Crippen LogP contribution in [0.4, 0.5) is 11.4 Å². The quantitative estimate of drug-likeness (QED) is 0.171. The van der Waals surface area contributed by atoms with Gasteiger partial charge in [0.15, 0.2) is 16.4 Å². The predicted molar refractivity (Wildman–Crippen MR) is 187 cm³/mol. The van der Waals surface area contributed by atoms with E-state index in [0.29, 0.717) is 29.1 Å². The summed E-state index contributed by atoms with van der Waals surface area (Å²) in [7, 11) is -3.79. The molecular formula is C35H44N4O7S2. The van der Waals surface area contributed by atoms with Gasteiger partial charge in [0.05, 0.1) is 27.8 Å². The van der Waals surface area contributed by atoms with E-state index < -0.39 is 58.3 Å². The number of unbranched alkanes of at least 4 members (excludes halogenated alkanes) is 1. The van der Waals surface area contributed by atoms with Crippen molar-refractivity contribution in [3.05, 3.63) is 78.4 Å². The van der Waals surface area contributed by atoms with Crippen LogP contribution in [-0.4, -0.2) is 69.1 Å². The smallest absolute Gasteiger partial charge is 0.258 e. The molecule has 1 unspecified atom stereocenters. The first-order valence-electron chi connectivity index (χ1n) is 15.9. The van der Waals surface area contributed by atoms with E-state index in [9.17, 15) is 27.9 Å². The van der Waals surface area contributed by atoms with Crippen molar-refractivity contribution >= 4 is 50.7 Å². The summed E-state index contributed by atoms with van der Waals surface area (Å²) in [6.45, 7) is 3.44. The molecule has 1 aliphatic heterocycles. The number of hydrogen-bond acceptors (Lipinski definition) is 9. The summed E-state index contributed by atoms with van der Waals surface area (Å²) in [5.74, 6) is -2.14. The average molecular weight is 697 g/mol. The number of nitrogens with zero attached hydrogens (tertiary/aromatic N) is 1. The molecule has 258 valence electrons. The van der Waals surface area contributed by atoms with Crippen LogP contribution < -0.4 is 26.0 Å². The molecule has 0 aromatic heterocycles. The number of amides is 3. The summed E-state index contributed by atoms with van der Waals surface area (Å²) in [5, 5.41) is 14.4. The summed E-state index contributed by atoms with van der Waals surface area (Å²) in [4.78, 5) is 40.8. The fourth-order valence-corrected chi connectivity index (χ4v) is 8.62. The van der Waals surface area contributed by atoms with Crippen LogP contribution in [0.25, 0.3) is 0 Å². The van der Waals surface area contributed by atoms with Crippen LogP contribution in [0.5, 0.6) is 5.75 Å². The second-order valence-electron chi connectivity index (χ2n) is 12.0. The number of fused-ring (bicyclic) bond motifs is 1. The van der Waals surface area contributed by atoms with Gasteiger partial charge in [-0.15, -0.1) is 11.8 Å². The molecule has 0 saturated heterocycles. The molecule has 11 nitrogen and oxygen atoms in total. The molecule has 0 bridgehead atoms. The Morgan fingerprint density at radius 2 is 1.71 bits per heavy atom. The zero-order chi connectivity index (χ0) is 34.9. The largest absolute Gasteiger partial charge is 0.483 e. The highest BCUT2D eigenvalue weighted by Crippen LogP contribution is 2.47. The van der Waals surface area contributed by atoms with Crippen LogP contribution in [0.3, 0.4) is 0 Å². The zero-order valence-electron chi connectivity index (χ0n) is 27.5. The number of ether oxygens (including phenoxy) is 1. The molecule has 0 fully saturated rings. The van der Waals surface area contributed by atoms with Crippen LogP contribution in [0.15, 0.2) is 82.6 Å². The lowest BCUT2D eigenvalue weighted by Gasteiger charge is -2.36. The van der Waals surface area contributed by atoms with E-state index in [1.807, 2.05) is 49.6 Å². The summed E-state index contributed by atoms with van der Waals surface area (Å²) >= 11 is 1.36. The Morgan fingerprint density at radius 1 is 1.04 bits per heavy atom. The van der Waals surface area contributed by atoms with Crippen molar-refractivity contribution in [3.63, 3.8) is 0 Å². The number of para-hydroxylation sites is 1. The molecule has 48 heavy (non-hydrogen) atoms. The van der Waals surface area contributed by atoms with Crippen molar-refractivity contribution in [2.45, 2.75) is 61.4 Å². The van der Waals surface area contributed by atoms with Gasteiger partial charge in [0.2, 0.25) is 11.8 Å². The Labute approximate surface area is 286 Å². The number of primary amides is 1. The Hall–Kier alpha value is -4.07. The molecule has 0 aliphatic carbocycles. The Balaban J connectivity index is 1.66. The normalized spacial score (nSPS) is 18.1. The predicted octanol–water partition coefficient (Wildman–Crippen LogP) is 4.12. The van der Waals surface area contributed by atoms with Gasteiger partial charge in [-0.25, -0.2) is 8.42 Å². The van der Waals surface area contributed by atoms with E-state index in [2.05, 4.69) is 22.5 Å². The van der Waals surface area contributed by atoms with Crippen LogP contribution in [0, 0.1) is 5.41 Å². The molecule has 0 spiro atoms. The molecule has 0 radical (unpaired) electrons. The minimum atomic E-state index is -3.79. The number of sulfone groups is 1. The highest BCUT2D eigenvalue weighted by molar-refractivity contribution is 7.98.